The molecule has 2 amide bonds. The Morgan fingerprint density at radius 2 is 1.72 bits per heavy atom. The second-order valence-electron chi connectivity index (χ2n) is 5.50. The molecule has 6 heteroatoms. The monoisotopic (exact) mass is 342 g/mol. The molecule has 0 radical (unpaired) electrons. The maximum atomic E-state index is 12.6. The van der Waals surface area contributed by atoms with E-state index in [1.807, 2.05) is 48.5 Å². The van der Waals surface area contributed by atoms with Gasteiger partial charge >= 0.3 is 6.09 Å². The zero-order valence-corrected chi connectivity index (χ0v) is 14.3. The smallest absolute Gasteiger partial charge is 0.407 e. The lowest BCUT2D eigenvalue weighted by molar-refractivity contribution is -0.118. The van der Waals surface area contributed by atoms with Gasteiger partial charge in [0.05, 0.1) is 13.7 Å². The number of carbonyl (C=O) groups is 2. The summed E-state index contributed by atoms with van der Waals surface area (Å²) in [6.45, 7) is 0.456. The Kier molecular flexibility index (Phi) is 6.98. The summed E-state index contributed by atoms with van der Waals surface area (Å²) in [5, 5.41) is 5.40. The van der Waals surface area contributed by atoms with Crippen LogP contribution >= 0.6 is 0 Å². The summed E-state index contributed by atoms with van der Waals surface area (Å²) in [6.07, 6.45) is -0.288. The minimum absolute atomic E-state index is 0.316. The van der Waals surface area contributed by atoms with Crippen molar-refractivity contribution in [1.82, 2.24) is 5.32 Å². The summed E-state index contributed by atoms with van der Waals surface area (Å²) in [6, 6.07) is 16.1. The number of carbonyl (C=O) groups excluding carboxylic acids is 2. The topological polar surface area (TPSA) is 76.7 Å². The summed E-state index contributed by atoms with van der Waals surface area (Å²) in [5.74, 6) is -0.316. The lowest BCUT2D eigenvalue weighted by atomic mass is 10.1. The van der Waals surface area contributed by atoms with Crippen molar-refractivity contribution in [3.8, 4) is 0 Å². The van der Waals surface area contributed by atoms with Gasteiger partial charge in [-0.1, -0.05) is 42.5 Å². The number of ether oxygens (including phenoxy) is 2. The molecule has 1 atom stereocenters. The van der Waals surface area contributed by atoms with Crippen LogP contribution in [-0.2, 0) is 27.3 Å². The Morgan fingerprint density at radius 3 is 2.40 bits per heavy atom. The van der Waals surface area contributed by atoms with Gasteiger partial charge in [0.1, 0.15) is 6.04 Å². The minimum atomic E-state index is -0.749. The Hall–Kier alpha value is -2.86. The molecule has 0 spiro atoms. The van der Waals surface area contributed by atoms with Crippen LogP contribution in [0.1, 0.15) is 11.1 Å². The molecule has 0 fully saturated rings. The third-order valence-electron chi connectivity index (χ3n) is 3.58. The first-order valence-electron chi connectivity index (χ1n) is 7.89. The number of methoxy groups -OCH3 is 2. The molecule has 0 bridgehead atoms. The standard InChI is InChI=1S/C19H22N2O4/c1-24-13-15-9-6-10-16(11-15)20-18(22)17(21-19(23)25-2)12-14-7-4-3-5-8-14/h3-11,17H,12-13H2,1-2H3,(H,20,22)(H,21,23)/t17-/m1/s1. The Bertz CT molecular complexity index is 704. The van der Waals surface area contributed by atoms with E-state index >= 15 is 0 Å². The average Bonchev–Trinajstić information content (AvgIpc) is 2.62. The van der Waals surface area contributed by atoms with Crippen LogP contribution in [0.25, 0.3) is 0 Å². The Labute approximate surface area is 147 Å². The SMILES string of the molecule is COCc1cccc(NC(=O)[C@@H](Cc2ccccc2)NC(=O)OC)c1. The zero-order valence-electron chi connectivity index (χ0n) is 14.3. The van der Waals surface area contributed by atoms with Crippen molar-refractivity contribution in [1.29, 1.82) is 0 Å². The van der Waals surface area contributed by atoms with Crippen molar-refractivity contribution >= 4 is 17.7 Å². The second kappa shape index (κ2) is 9.44. The van der Waals surface area contributed by atoms with Gasteiger partial charge < -0.3 is 20.1 Å². The molecule has 132 valence electrons. The van der Waals surface area contributed by atoms with E-state index in [1.54, 1.807) is 13.2 Å². The summed E-state index contributed by atoms with van der Waals surface area (Å²) in [4.78, 5) is 24.2. The Morgan fingerprint density at radius 1 is 1.00 bits per heavy atom. The predicted molar refractivity (Wildman–Crippen MR) is 95.3 cm³/mol. The van der Waals surface area contributed by atoms with E-state index in [2.05, 4.69) is 15.4 Å². The Balaban J connectivity index is 2.11. The first-order valence-corrected chi connectivity index (χ1v) is 7.89. The van der Waals surface area contributed by atoms with Crippen molar-refractivity contribution in [2.75, 3.05) is 19.5 Å². The second-order valence-corrected chi connectivity index (χ2v) is 5.50. The molecule has 0 saturated heterocycles. The molecule has 0 aromatic heterocycles. The predicted octanol–water partition coefficient (Wildman–Crippen LogP) is 2.74. The molecular formula is C19H22N2O4. The van der Waals surface area contributed by atoms with Gasteiger partial charge in [-0.15, -0.1) is 0 Å². The van der Waals surface area contributed by atoms with Gasteiger partial charge in [-0.2, -0.15) is 0 Å². The zero-order chi connectivity index (χ0) is 18.1. The number of hydrogen-bond acceptors (Lipinski definition) is 4. The quantitative estimate of drug-likeness (QED) is 0.811. The van der Waals surface area contributed by atoms with Crippen LogP contribution in [0, 0.1) is 0 Å². The summed E-state index contributed by atoms with van der Waals surface area (Å²) < 4.78 is 9.72. The fourth-order valence-corrected chi connectivity index (χ4v) is 2.40. The molecule has 2 aromatic carbocycles. The molecule has 0 aliphatic carbocycles. The van der Waals surface area contributed by atoms with E-state index < -0.39 is 12.1 Å². The summed E-state index contributed by atoms with van der Waals surface area (Å²) in [7, 11) is 2.88. The van der Waals surface area contributed by atoms with Gasteiger partial charge in [-0.3, -0.25) is 4.79 Å². The summed E-state index contributed by atoms with van der Waals surface area (Å²) >= 11 is 0. The number of amides is 2. The van der Waals surface area contributed by atoms with E-state index in [4.69, 9.17) is 4.74 Å². The lowest BCUT2D eigenvalue weighted by Gasteiger charge is -2.18. The van der Waals surface area contributed by atoms with Crippen LogP contribution in [0.4, 0.5) is 10.5 Å². The van der Waals surface area contributed by atoms with Crippen molar-refractivity contribution in [3.63, 3.8) is 0 Å². The molecule has 0 saturated carbocycles. The van der Waals surface area contributed by atoms with Crippen molar-refractivity contribution in [2.24, 2.45) is 0 Å². The molecule has 2 aromatic rings. The molecule has 2 N–H and O–H groups in total. The first-order chi connectivity index (χ1) is 12.1. The van der Waals surface area contributed by atoms with Crippen LogP contribution < -0.4 is 10.6 Å². The van der Waals surface area contributed by atoms with Crippen molar-refractivity contribution < 1.29 is 19.1 Å². The minimum Gasteiger partial charge on any atom is -0.453 e. The maximum Gasteiger partial charge on any atom is 0.407 e. The highest BCUT2D eigenvalue weighted by Crippen LogP contribution is 2.13. The van der Waals surface area contributed by atoms with E-state index in [0.717, 1.165) is 11.1 Å². The van der Waals surface area contributed by atoms with Gasteiger partial charge in [-0.05, 0) is 23.3 Å². The van der Waals surface area contributed by atoms with Gasteiger partial charge in [0.25, 0.3) is 0 Å². The van der Waals surface area contributed by atoms with Crippen molar-refractivity contribution in [3.05, 3.63) is 65.7 Å². The largest absolute Gasteiger partial charge is 0.453 e. The molecular weight excluding hydrogens is 320 g/mol. The molecule has 2 rings (SSSR count). The normalized spacial score (nSPS) is 11.4. The van der Waals surface area contributed by atoms with Crippen LogP contribution in [0.3, 0.4) is 0 Å². The fourth-order valence-electron chi connectivity index (χ4n) is 2.40. The van der Waals surface area contributed by atoms with Gasteiger partial charge in [0.2, 0.25) is 5.91 Å². The third-order valence-corrected chi connectivity index (χ3v) is 3.58. The average molecular weight is 342 g/mol. The highest BCUT2D eigenvalue weighted by molar-refractivity contribution is 5.96. The van der Waals surface area contributed by atoms with Gasteiger partial charge in [-0.25, -0.2) is 4.79 Å². The van der Waals surface area contributed by atoms with Crippen LogP contribution in [0.15, 0.2) is 54.6 Å². The number of nitrogens with one attached hydrogen (secondary N) is 2. The van der Waals surface area contributed by atoms with Crippen LogP contribution in [0.5, 0.6) is 0 Å². The van der Waals surface area contributed by atoms with Gasteiger partial charge in [0.15, 0.2) is 0 Å². The number of rotatable bonds is 7. The molecule has 0 heterocycles. The van der Waals surface area contributed by atoms with E-state index in [9.17, 15) is 9.59 Å². The number of anilines is 1. The maximum absolute atomic E-state index is 12.6. The summed E-state index contributed by atoms with van der Waals surface area (Å²) in [5.41, 5.74) is 2.53. The highest BCUT2D eigenvalue weighted by atomic mass is 16.5. The van der Waals surface area contributed by atoms with E-state index in [0.29, 0.717) is 18.7 Å². The number of hydrogen-bond donors (Lipinski definition) is 2. The van der Waals surface area contributed by atoms with Crippen LogP contribution in [-0.4, -0.2) is 32.3 Å². The molecule has 0 aliphatic heterocycles. The third kappa shape index (κ3) is 5.93. The number of benzene rings is 2. The lowest BCUT2D eigenvalue weighted by Crippen LogP contribution is -2.45. The van der Waals surface area contributed by atoms with E-state index in [-0.39, 0.29) is 5.91 Å². The fraction of sp³-hybridized carbons (Fsp3) is 0.263. The van der Waals surface area contributed by atoms with Crippen molar-refractivity contribution in [2.45, 2.75) is 19.1 Å². The molecule has 0 aliphatic rings. The molecule has 25 heavy (non-hydrogen) atoms. The van der Waals surface area contributed by atoms with E-state index in [1.165, 1.54) is 7.11 Å². The first kappa shape index (κ1) is 18.5. The van der Waals surface area contributed by atoms with Gasteiger partial charge in [0, 0.05) is 19.2 Å². The molecule has 0 unspecified atom stereocenters. The highest BCUT2D eigenvalue weighted by Gasteiger charge is 2.21. The number of alkyl carbamates (subject to hydrolysis) is 1. The molecule has 6 nitrogen and oxygen atoms in total. The van der Waals surface area contributed by atoms with Crippen LogP contribution in [0.2, 0.25) is 0 Å².